The van der Waals surface area contributed by atoms with Gasteiger partial charge < -0.3 is 4.57 Å². The van der Waals surface area contributed by atoms with E-state index < -0.39 is 0 Å². The molecule has 1 aromatic heterocycles. The largest absolute Gasteiger partial charge is 0.301 e. The first-order chi connectivity index (χ1) is 5.79. The Hall–Kier alpha value is -0.450. The second-order valence-electron chi connectivity index (χ2n) is 3.09. The minimum absolute atomic E-state index is 0.137. The fourth-order valence-corrected chi connectivity index (χ4v) is 2.79. The molecule has 0 atom stereocenters. The molecular weight excluding hydrogens is 263 g/mol. The first kappa shape index (κ1) is 8.16. The van der Waals surface area contributed by atoms with Gasteiger partial charge in [0.2, 0.25) is 0 Å². The van der Waals surface area contributed by atoms with Crippen molar-refractivity contribution in [3.05, 3.63) is 21.8 Å². The van der Waals surface area contributed by atoms with Crippen LogP contribution in [-0.4, -0.2) is 13.7 Å². The van der Waals surface area contributed by atoms with Gasteiger partial charge >= 0.3 is 0 Å². The Morgan fingerprint density at radius 2 is 2.33 bits per heavy atom. The molecule has 1 aromatic rings. The second kappa shape index (κ2) is 3.12. The molecule has 0 spiro atoms. The van der Waals surface area contributed by atoms with Crippen molar-refractivity contribution in [2.24, 2.45) is 0 Å². The van der Waals surface area contributed by atoms with Crippen molar-refractivity contribution in [3.8, 4) is 0 Å². The molecular formula is C9H11IN2. The highest BCUT2D eigenvalue weighted by molar-refractivity contribution is 14.2. The van der Waals surface area contributed by atoms with E-state index in [1.54, 1.807) is 0 Å². The number of halogens is 1. The summed E-state index contributed by atoms with van der Waals surface area (Å²) in [6, 6.07) is 0. The summed E-state index contributed by atoms with van der Waals surface area (Å²) in [4.78, 5) is 4.40. The summed E-state index contributed by atoms with van der Waals surface area (Å²) in [6.07, 6.45) is 4.13. The van der Waals surface area contributed by atoms with Crippen molar-refractivity contribution in [1.82, 2.24) is 9.55 Å². The third kappa shape index (κ3) is 1.26. The Balaban J connectivity index is 2.54. The maximum Gasteiger partial charge on any atom is 0.0999 e. The van der Waals surface area contributed by atoms with Gasteiger partial charge in [0.25, 0.3) is 0 Å². The van der Waals surface area contributed by atoms with Crippen molar-refractivity contribution in [1.29, 1.82) is 0 Å². The molecule has 0 fully saturated rings. The summed E-state index contributed by atoms with van der Waals surface area (Å²) >= 11 is 0.137. The van der Waals surface area contributed by atoms with E-state index in [2.05, 4.69) is 37.7 Å². The summed E-state index contributed by atoms with van der Waals surface area (Å²) in [6.45, 7) is 4.36. The molecule has 0 saturated heterocycles. The van der Waals surface area contributed by atoms with Crippen LogP contribution in [0.5, 0.6) is 0 Å². The molecule has 0 aromatic carbocycles. The normalized spacial score (nSPS) is 14.6. The lowest BCUT2D eigenvalue weighted by Gasteiger charge is -2.05. The minimum atomic E-state index is 0.137. The molecule has 0 aliphatic carbocycles. The Labute approximate surface area is 82.1 Å². The van der Waals surface area contributed by atoms with Gasteiger partial charge in [0.15, 0.2) is 0 Å². The highest BCUT2D eigenvalue weighted by Gasteiger charge is 2.11. The Bertz CT molecular complexity index is 347. The zero-order valence-electron chi connectivity index (χ0n) is 7.16. The molecule has 0 amide bonds. The van der Waals surface area contributed by atoms with Gasteiger partial charge in [0.05, 0.1) is 17.7 Å². The maximum absolute atomic E-state index is 4.40. The molecule has 1 aliphatic rings. The van der Waals surface area contributed by atoms with Crippen LogP contribution in [0.4, 0.5) is 0 Å². The number of nitrogens with zero attached hydrogens (tertiary/aromatic N) is 2. The van der Waals surface area contributed by atoms with E-state index in [4.69, 9.17) is 0 Å². The van der Waals surface area contributed by atoms with Gasteiger partial charge in [0, 0.05) is 4.14 Å². The Kier molecular flexibility index (Phi) is 2.12. The van der Waals surface area contributed by atoms with Crippen LogP contribution in [0.15, 0.2) is 10.4 Å². The number of imidazole rings is 1. The quantitative estimate of drug-likeness (QED) is 0.720. The van der Waals surface area contributed by atoms with Crippen molar-refractivity contribution in [3.63, 3.8) is 0 Å². The van der Waals surface area contributed by atoms with Crippen LogP contribution < -0.4 is 0 Å². The molecule has 0 bridgehead atoms. The highest BCUT2D eigenvalue weighted by atomic mass is 127. The maximum atomic E-state index is 4.40. The average Bonchev–Trinajstić information content (AvgIpc) is 2.47. The lowest BCUT2D eigenvalue weighted by atomic mass is 10.1. The molecule has 12 heavy (non-hydrogen) atoms. The Morgan fingerprint density at radius 1 is 1.50 bits per heavy atom. The smallest absolute Gasteiger partial charge is 0.0999 e. The SMILES string of the molecule is CC(C)c1ncn2c1C=CI=C2. The van der Waals surface area contributed by atoms with Crippen LogP contribution in [0.25, 0.3) is 6.08 Å². The monoisotopic (exact) mass is 274 g/mol. The molecule has 0 unspecified atom stereocenters. The van der Waals surface area contributed by atoms with Crippen LogP contribution >= 0.6 is 20.7 Å². The van der Waals surface area contributed by atoms with E-state index >= 15 is 0 Å². The number of hydrogen-bond donors (Lipinski definition) is 0. The van der Waals surface area contributed by atoms with Crippen LogP contribution in [0.2, 0.25) is 0 Å². The van der Waals surface area contributed by atoms with Crippen molar-refractivity contribution in [2.45, 2.75) is 19.8 Å². The van der Waals surface area contributed by atoms with Crippen LogP contribution in [0.3, 0.4) is 0 Å². The number of fused-ring (bicyclic) bond motifs is 1. The lowest BCUT2D eigenvalue weighted by Crippen LogP contribution is -1.98. The number of aromatic nitrogens is 2. The van der Waals surface area contributed by atoms with Gasteiger partial charge in [-0.05, 0) is 16.1 Å². The molecule has 0 saturated carbocycles. The van der Waals surface area contributed by atoms with Gasteiger partial charge in [-0.3, -0.25) is 0 Å². The first-order valence-electron chi connectivity index (χ1n) is 3.97. The van der Waals surface area contributed by atoms with Crippen molar-refractivity contribution in [2.75, 3.05) is 0 Å². The zero-order chi connectivity index (χ0) is 8.55. The summed E-state index contributed by atoms with van der Waals surface area (Å²) in [5.74, 6) is 0.524. The van der Waals surface area contributed by atoms with E-state index in [9.17, 15) is 0 Å². The van der Waals surface area contributed by atoms with Gasteiger partial charge in [-0.25, -0.2) is 4.98 Å². The van der Waals surface area contributed by atoms with E-state index in [0.29, 0.717) is 5.92 Å². The predicted octanol–water partition coefficient (Wildman–Crippen LogP) is 2.57. The fraction of sp³-hybridized carbons (Fsp3) is 0.333. The van der Waals surface area contributed by atoms with Crippen LogP contribution in [0, 0.1) is 0 Å². The zero-order valence-corrected chi connectivity index (χ0v) is 9.32. The number of rotatable bonds is 1. The summed E-state index contributed by atoms with van der Waals surface area (Å²) < 4.78 is 6.69. The van der Waals surface area contributed by atoms with Crippen molar-refractivity contribution < 1.29 is 0 Å². The predicted molar refractivity (Wildman–Crippen MR) is 60.8 cm³/mol. The van der Waals surface area contributed by atoms with Crippen LogP contribution in [-0.2, 0) is 0 Å². The first-order valence-corrected chi connectivity index (χ1v) is 6.46. The van der Waals surface area contributed by atoms with Gasteiger partial charge in [-0.1, -0.05) is 34.6 Å². The molecule has 2 nitrogen and oxygen atoms in total. The van der Waals surface area contributed by atoms with Gasteiger partial charge in [0.1, 0.15) is 0 Å². The van der Waals surface area contributed by atoms with E-state index in [1.807, 2.05) is 6.33 Å². The minimum Gasteiger partial charge on any atom is -0.301 e. The van der Waals surface area contributed by atoms with E-state index in [0.717, 1.165) is 0 Å². The topological polar surface area (TPSA) is 17.8 Å². The third-order valence-corrected chi connectivity index (χ3v) is 3.56. The lowest BCUT2D eigenvalue weighted by molar-refractivity contribution is 0.829. The summed E-state index contributed by atoms with van der Waals surface area (Å²) in [5, 5.41) is 0. The summed E-state index contributed by atoms with van der Waals surface area (Å²) in [5.41, 5.74) is 2.49. The Morgan fingerprint density at radius 3 is 3.08 bits per heavy atom. The fourth-order valence-electron chi connectivity index (χ4n) is 1.27. The molecule has 64 valence electrons. The molecule has 0 radical (unpaired) electrons. The summed E-state index contributed by atoms with van der Waals surface area (Å²) in [7, 11) is 0. The molecule has 3 heteroatoms. The van der Waals surface area contributed by atoms with Crippen molar-refractivity contribution >= 4 is 30.9 Å². The van der Waals surface area contributed by atoms with E-state index in [1.165, 1.54) is 11.4 Å². The molecule has 2 rings (SSSR count). The number of hydrogen-bond acceptors (Lipinski definition) is 1. The molecule has 1 aliphatic heterocycles. The third-order valence-electron chi connectivity index (χ3n) is 1.86. The van der Waals surface area contributed by atoms with Gasteiger partial charge in [-0.2, -0.15) is 0 Å². The highest BCUT2D eigenvalue weighted by Crippen LogP contribution is 2.22. The van der Waals surface area contributed by atoms with Crippen LogP contribution in [0.1, 0.15) is 31.2 Å². The second-order valence-corrected chi connectivity index (χ2v) is 5.09. The van der Waals surface area contributed by atoms with Gasteiger partial charge in [-0.15, -0.1) is 0 Å². The molecule has 2 heterocycles. The average molecular weight is 274 g/mol. The molecule has 0 N–H and O–H groups in total. The van der Waals surface area contributed by atoms with E-state index in [-0.39, 0.29) is 20.7 Å². The standard InChI is InChI=1S/C9H11IN2/c1-7(2)9-8-3-4-10-5-12(8)6-11-9/h3-7H,1-2H3.